The molecule has 1 heterocycles. The molecule has 1 N–H and O–H groups in total. The number of nitrogens with one attached hydrogen (secondary N) is 1. The molecule has 10 heteroatoms. The fourth-order valence-corrected chi connectivity index (χ4v) is 8.16. The highest BCUT2D eigenvalue weighted by molar-refractivity contribution is 7.87. The second-order valence-electron chi connectivity index (χ2n) is 11.8. The summed E-state index contributed by atoms with van der Waals surface area (Å²) >= 11 is 0. The molecular formula is C26H46N4O5S. The topological polar surface area (TPSA) is 99.3 Å². The van der Waals surface area contributed by atoms with E-state index in [1.165, 1.54) is 10.7 Å². The van der Waals surface area contributed by atoms with Gasteiger partial charge in [0.2, 0.25) is 5.91 Å². The molecule has 0 spiro atoms. The second-order valence-corrected chi connectivity index (χ2v) is 13.7. The largest absolute Gasteiger partial charge is 0.446 e. The van der Waals surface area contributed by atoms with E-state index >= 15 is 0 Å². The molecule has 0 aromatic rings. The molecule has 1 aliphatic heterocycles. The smallest absolute Gasteiger partial charge is 0.410 e. The Labute approximate surface area is 217 Å². The molecule has 4 fully saturated rings. The number of fused-ring (bicyclic) bond motifs is 1. The van der Waals surface area contributed by atoms with Crippen LogP contribution in [0, 0.1) is 11.8 Å². The number of hydrogen-bond acceptors (Lipinski definition) is 5. The number of rotatable bonds is 5. The van der Waals surface area contributed by atoms with E-state index in [0.717, 1.165) is 70.6 Å². The van der Waals surface area contributed by atoms with Crippen molar-refractivity contribution in [3.63, 3.8) is 0 Å². The summed E-state index contributed by atoms with van der Waals surface area (Å²) in [7, 11) is -0.356. The summed E-state index contributed by atoms with van der Waals surface area (Å²) in [6, 6.07) is -0.105. The van der Waals surface area contributed by atoms with E-state index in [2.05, 4.69) is 4.72 Å². The summed E-state index contributed by atoms with van der Waals surface area (Å²) in [5, 5.41) is 0. The van der Waals surface area contributed by atoms with Gasteiger partial charge in [-0.3, -0.25) is 4.79 Å². The van der Waals surface area contributed by atoms with Crippen LogP contribution in [0.15, 0.2) is 0 Å². The lowest BCUT2D eigenvalue weighted by Gasteiger charge is -2.54. The normalized spacial score (nSPS) is 34.4. The molecule has 2 amide bonds. The van der Waals surface area contributed by atoms with Gasteiger partial charge in [-0.15, -0.1) is 0 Å². The molecule has 6 atom stereocenters. The number of hydrogen-bond donors (Lipinski definition) is 1. The summed E-state index contributed by atoms with van der Waals surface area (Å²) < 4.78 is 34.9. The highest BCUT2D eigenvalue weighted by Crippen LogP contribution is 2.43. The first-order valence-electron chi connectivity index (χ1n) is 14.0. The van der Waals surface area contributed by atoms with E-state index in [4.69, 9.17) is 4.74 Å². The minimum absolute atomic E-state index is 0.00838. The fourth-order valence-electron chi connectivity index (χ4n) is 7.31. The molecule has 5 unspecified atom stereocenters. The number of amides is 2. The Morgan fingerprint density at radius 2 is 1.58 bits per heavy atom. The van der Waals surface area contributed by atoms with Gasteiger partial charge in [-0.25, -0.2) is 4.79 Å². The van der Waals surface area contributed by atoms with E-state index in [9.17, 15) is 18.0 Å². The Morgan fingerprint density at radius 3 is 2.25 bits per heavy atom. The van der Waals surface area contributed by atoms with E-state index in [0.29, 0.717) is 18.4 Å². The molecule has 4 aliphatic rings. The Kier molecular flexibility index (Phi) is 8.87. The summed E-state index contributed by atoms with van der Waals surface area (Å²) in [5.74, 6) is 0.896. The first-order valence-corrected chi connectivity index (χ1v) is 15.5. The minimum Gasteiger partial charge on any atom is -0.446 e. The Balaban J connectivity index is 1.47. The van der Waals surface area contributed by atoms with Gasteiger partial charge in [-0.2, -0.15) is 17.4 Å². The van der Waals surface area contributed by atoms with E-state index in [1.54, 1.807) is 21.0 Å². The third-order valence-electron chi connectivity index (χ3n) is 9.11. The summed E-state index contributed by atoms with van der Waals surface area (Å²) in [6.45, 7) is 4.18. The average molecular weight is 527 g/mol. The molecule has 206 valence electrons. The van der Waals surface area contributed by atoms with Gasteiger partial charge in [0.15, 0.2) is 0 Å². The molecule has 1 saturated heterocycles. The summed E-state index contributed by atoms with van der Waals surface area (Å²) in [4.78, 5) is 29.9. The van der Waals surface area contributed by atoms with Crippen molar-refractivity contribution >= 4 is 22.2 Å². The van der Waals surface area contributed by atoms with Crippen LogP contribution < -0.4 is 4.72 Å². The van der Waals surface area contributed by atoms with Crippen molar-refractivity contribution < 1.29 is 22.7 Å². The van der Waals surface area contributed by atoms with Crippen molar-refractivity contribution in [2.75, 3.05) is 20.6 Å². The van der Waals surface area contributed by atoms with Crippen LogP contribution in [0.1, 0.15) is 90.9 Å². The first-order chi connectivity index (χ1) is 17.1. The highest BCUT2D eigenvalue weighted by atomic mass is 32.2. The standard InChI is InChI=1S/C26H46N4O5S/c1-18-17-29(26(32)35-23-11-6-5-7-12-23)25-16-21(13-14-24(25)30(18)19(2)31)20-9-8-10-22(15-20)27-36(33,34)28(3)4/h18,20-25,27H,5-17H2,1-4H3/t18-,20?,21?,22?,24?,25?/m0/s1. The zero-order chi connectivity index (χ0) is 26.0. The van der Waals surface area contributed by atoms with Gasteiger partial charge in [0.1, 0.15) is 6.10 Å². The third kappa shape index (κ3) is 6.18. The van der Waals surface area contributed by atoms with Crippen molar-refractivity contribution in [1.29, 1.82) is 0 Å². The molecule has 36 heavy (non-hydrogen) atoms. The van der Waals surface area contributed by atoms with Gasteiger partial charge in [-0.05, 0) is 76.5 Å². The van der Waals surface area contributed by atoms with Crippen LogP contribution in [0.3, 0.4) is 0 Å². The average Bonchev–Trinajstić information content (AvgIpc) is 2.83. The quantitative estimate of drug-likeness (QED) is 0.591. The van der Waals surface area contributed by atoms with Crippen molar-refractivity contribution in [2.24, 2.45) is 11.8 Å². The van der Waals surface area contributed by atoms with E-state index in [1.807, 2.05) is 16.7 Å². The molecule has 3 aliphatic carbocycles. The number of carbonyl (C=O) groups excluding carboxylic acids is 2. The molecule has 0 aromatic carbocycles. The van der Waals surface area contributed by atoms with Gasteiger partial charge < -0.3 is 14.5 Å². The SMILES string of the molecule is CC(=O)N1C2CCC(C3CCCC(NS(=O)(=O)N(C)C)C3)CC2N(C(=O)OC2CCCCC2)C[C@@H]1C. The van der Waals surface area contributed by atoms with Gasteiger partial charge in [0, 0.05) is 39.6 Å². The zero-order valence-electron chi connectivity index (χ0n) is 22.5. The van der Waals surface area contributed by atoms with Crippen LogP contribution in [0.5, 0.6) is 0 Å². The lowest BCUT2D eigenvalue weighted by atomic mass is 9.69. The van der Waals surface area contributed by atoms with Crippen LogP contribution in [0.2, 0.25) is 0 Å². The maximum atomic E-state index is 13.4. The summed E-state index contributed by atoms with van der Waals surface area (Å²) in [5.41, 5.74) is 0. The maximum Gasteiger partial charge on any atom is 0.410 e. The van der Waals surface area contributed by atoms with Crippen LogP contribution in [-0.2, 0) is 19.7 Å². The highest BCUT2D eigenvalue weighted by Gasteiger charge is 2.48. The van der Waals surface area contributed by atoms with Gasteiger partial charge in [0.25, 0.3) is 10.2 Å². The van der Waals surface area contributed by atoms with Crippen molar-refractivity contribution in [3.05, 3.63) is 0 Å². The molecular weight excluding hydrogens is 480 g/mol. The van der Waals surface area contributed by atoms with E-state index in [-0.39, 0.29) is 42.3 Å². The number of piperazine rings is 1. The Bertz CT molecular complexity index is 891. The number of ether oxygens (including phenoxy) is 1. The van der Waals surface area contributed by atoms with Crippen molar-refractivity contribution in [2.45, 2.75) is 121 Å². The van der Waals surface area contributed by atoms with Gasteiger partial charge in [0.05, 0.1) is 12.1 Å². The van der Waals surface area contributed by atoms with Crippen LogP contribution in [0.25, 0.3) is 0 Å². The molecule has 0 radical (unpaired) electrons. The molecule has 3 saturated carbocycles. The van der Waals surface area contributed by atoms with Gasteiger partial charge in [-0.1, -0.05) is 19.3 Å². The lowest BCUT2D eigenvalue weighted by molar-refractivity contribution is -0.143. The predicted molar refractivity (Wildman–Crippen MR) is 138 cm³/mol. The van der Waals surface area contributed by atoms with Crippen LogP contribution in [-0.4, -0.2) is 85.4 Å². The monoisotopic (exact) mass is 526 g/mol. The molecule has 4 rings (SSSR count). The maximum absolute atomic E-state index is 13.4. The van der Waals surface area contributed by atoms with Gasteiger partial charge >= 0.3 is 6.09 Å². The Morgan fingerprint density at radius 1 is 0.889 bits per heavy atom. The Hall–Kier alpha value is -1.39. The van der Waals surface area contributed by atoms with Crippen molar-refractivity contribution in [1.82, 2.24) is 18.8 Å². The van der Waals surface area contributed by atoms with Crippen LogP contribution >= 0.6 is 0 Å². The lowest BCUT2D eigenvalue weighted by Crippen LogP contribution is -2.67. The number of nitrogens with zero attached hydrogens (tertiary/aromatic N) is 3. The zero-order valence-corrected chi connectivity index (χ0v) is 23.3. The third-order valence-corrected chi connectivity index (χ3v) is 10.7. The molecule has 0 bridgehead atoms. The first kappa shape index (κ1) is 27.6. The number of carbonyl (C=O) groups is 2. The minimum atomic E-state index is -3.46. The van der Waals surface area contributed by atoms with Crippen molar-refractivity contribution in [3.8, 4) is 0 Å². The molecule has 9 nitrogen and oxygen atoms in total. The second kappa shape index (κ2) is 11.6. The fraction of sp³-hybridized carbons (Fsp3) is 0.923. The summed E-state index contributed by atoms with van der Waals surface area (Å²) in [6.07, 6.45) is 11.6. The van der Waals surface area contributed by atoms with Crippen LogP contribution in [0.4, 0.5) is 4.79 Å². The predicted octanol–water partition coefficient (Wildman–Crippen LogP) is 3.50. The van der Waals surface area contributed by atoms with E-state index < -0.39 is 10.2 Å². The molecule has 0 aromatic heterocycles.